The second-order valence-electron chi connectivity index (χ2n) is 5.60. The van der Waals surface area contributed by atoms with Gasteiger partial charge in [-0.1, -0.05) is 12.8 Å². The first-order valence-corrected chi connectivity index (χ1v) is 7.24. The third-order valence-corrected chi connectivity index (χ3v) is 4.05. The second-order valence-corrected chi connectivity index (χ2v) is 5.60. The van der Waals surface area contributed by atoms with E-state index in [-0.39, 0.29) is 24.0 Å². The van der Waals surface area contributed by atoms with E-state index in [1.807, 2.05) is 36.0 Å². The summed E-state index contributed by atoms with van der Waals surface area (Å²) in [6.07, 6.45) is 8.36. The van der Waals surface area contributed by atoms with Crippen molar-refractivity contribution in [2.45, 2.75) is 51.2 Å². The van der Waals surface area contributed by atoms with E-state index in [0.29, 0.717) is 13.0 Å². The lowest BCUT2D eigenvalue weighted by Gasteiger charge is -2.27. The van der Waals surface area contributed by atoms with E-state index in [4.69, 9.17) is 0 Å². The molecule has 4 nitrogen and oxygen atoms in total. The van der Waals surface area contributed by atoms with Crippen molar-refractivity contribution < 1.29 is 9.90 Å². The number of aromatic nitrogens is 1. The molecular formula is C15H24N2O2. The lowest BCUT2D eigenvalue weighted by atomic mass is 9.86. The summed E-state index contributed by atoms with van der Waals surface area (Å²) in [5, 5.41) is 12.8. The van der Waals surface area contributed by atoms with Crippen LogP contribution in [0.25, 0.3) is 0 Å². The highest BCUT2D eigenvalue weighted by molar-refractivity contribution is 5.76. The van der Waals surface area contributed by atoms with Gasteiger partial charge in [0, 0.05) is 37.3 Å². The lowest BCUT2D eigenvalue weighted by molar-refractivity contribution is -0.122. The molecule has 1 aromatic heterocycles. The molecule has 1 aromatic rings. The van der Waals surface area contributed by atoms with Gasteiger partial charge in [0.15, 0.2) is 0 Å². The molecular weight excluding hydrogens is 240 g/mol. The molecule has 1 aliphatic rings. The van der Waals surface area contributed by atoms with Gasteiger partial charge in [-0.3, -0.25) is 4.79 Å². The molecule has 3 atom stereocenters. The third kappa shape index (κ3) is 4.10. The number of rotatable bonds is 5. The topological polar surface area (TPSA) is 54.3 Å². The molecule has 0 unspecified atom stereocenters. The van der Waals surface area contributed by atoms with Crippen LogP contribution in [-0.4, -0.2) is 28.2 Å². The van der Waals surface area contributed by atoms with Gasteiger partial charge in [0.2, 0.25) is 5.91 Å². The Morgan fingerprint density at radius 2 is 2.05 bits per heavy atom. The zero-order valence-electron chi connectivity index (χ0n) is 11.6. The standard InChI is InChI=1S/C15H24N2O2/c1-12(17-8-4-5-9-17)10-15(19)16-11-13-6-2-3-7-14(13)18/h4-5,8-9,12-14,18H,2-3,6-7,10-11H2,1H3,(H,16,19)/t12-,13+,14+/m1/s1. The van der Waals surface area contributed by atoms with Gasteiger partial charge in [-0.2, -0.15) is 0 Å². The van der Waals surface area contributed by atoms with Crippen LogP contribution in [0, 0.1) is 5.92 Å². The molecule has 4 heteroatoms. The molecule has 0 aromatic carbocycles. The molecule has 2 N–H and O–H groups in total. The van der Waals surface area contributed by atoms with Gasteiger partial charge >= 0.3 is 0 Å². The molecule has 1 heterocycles. The first kappa shape index (κ1) is 14.1. The predicted octanol–water partition coefficient (Wildman–Crippen LogP) is 2.11. The minimum atomic E-state index is -0.240. The van der Waals surface area contributed by atoms with Crippen molar-refractivity contribution in [1.82, 2.24) is 9.88 Å². The maximum Gasteiger partial charge on any atom is 0.222 e. The summed E-state index contributed by atoms with van der Waals surface area (Å²) in [6, 6.07) is 4.10. The van der Waals surface area contributed by atoms with Crippen molar-refractivity contribution >= 4 is 5.91 Å². The van der Waals surface area contributed by atoms with Crippen molar-refractivity contribution in [2.75, 3.05) is 6.54 Å². The summed E-state index contributed by atoms with van der Waals surface area (Å²) in [7, 11) is 0. The Hall–Kier alpha value is -1.29. The van der Waals surface area contributed by atoms with E-state index in [1.165, 1.54) is 0 Å². The van der Waals surface area contributed by atoms with Crippen LogP contribution in [0.2, 0.25) is 0 Å². The van der Waals surface area contributed by atoms with Gasteiger partial charge in [-0.05, 0) is 31.9 Å². The Kier molecular flexibility index (Phi) is 5.02. The summed E-state index contributed by atoms with van der Waals surface area (Å²) in [5.74, 6) is 0.304. The highest BCUT2D eigenvalue weighted by atomic mass is 16.3. The lowest BCUT2D eigenvalue weighted by Crippen LogP contribution is -2.37. The minimum Gasteiger partial charge on any atom is -0.393 e. The molecule has 0 spiro atoms. The second kappa shape index (κ2) is 6.75. The van der Waals surface area contributed by atoms with Crippen LogP contribution in [-0.2, 0) is 4.79 Å². The number of hydrogen-bond donors (Lipinski definition) is 2. The molecule has 1 amide bonds. The van der Waals surface area contributed by atoms with Crippen LogP contribution < -0.4 is 5.32 Å². The molecule has 1 fully saturated rings. The fourth-order valence-corrected chi connectivity index (χ4v) is 2.76. The highest BCUT2D eigenvalue weighted by Gasteiger charge is 2.23. The van der Waals surface area contributed by atoms with Crippen molar-refractivity contribution in [1.29, 1.82) is 0 Å². The minimum absolute atomic E-state index is 0.0685. The summed E-state index contributed by atoms with van der Waals surface area (Å²) in [4.78, 5) is 11.9. The van der Waals surface area contributed by atoms with Crippen molar-refractivity contribution in [3.8, 4) is 0 Å². The van der Waals surface area contributed by atoms with Crippen LogP contribution >= 0.6 is 0 Å². The number of nitrogens with one attached hydrogen (secondary N) is 1. The van der Waals surface area contributed by atoms with Crippen LogP contribution in [0.5, 0.6) is 0 Å². The number of carbonyl (C=O) groups excluding carboxylic acids is 1. The van der Waals surface area contributed by atoms with E-state index in [9.17, 15) is 9.90 Å². The van der Waals surface area contributed by atoms with Gasteiger partial charge < -0.3 is 15.0 Å². The molecule has 0 radical (unpaired) electrons. The molecule has 0 bridgehead atoms. The van der Waals surface area contributed by atoms with Gasteiger partial charge in [0.1, 0.15) is 0 Å². The number of nitrogens with zero attached hydrogens (tertiary/aromatic N) is 1. The van der Waals surface area contributed by atoms with Gasteiger partial charge in [0.25, 0.3) is 0 Å². The number of hydrogen-bond acceptors (Lipinski definition) is 2. The average Bonchev–Trinajstić information content (AvgIpc) is 2.91. The summed E-state index contributed by atoms with van der Waals surface area (Å²) < 4.78 is 2.04. The predicted molar refractivity (Wildman–Crippen MR) is 74.7 cm³/mol. The zero-order valence-corrected chi connectivity index (χ0v) is 11.6. The average molecular weight is 264 g/mol. The fraction of sp³-hybridized carbons (Fsp3) is 0.667. The summed E-state index contributed by atoms with van der Waals surface area (Å²) in [6.45, 7) is 2.65. The molecule has 1 aliphatic carbocycles. The van der Waals surface area contributed by atoms with E-state index >= 15 is 0 Å². The quantitative estimate of drug-likeness (QED) is 0.855. The Morgan fingerprint density at radius 3 is 2.74 bits per heavy atom. The Morgan fingerprint density at radius 1 is 1.37 bits per heavy atom. The van der Waals surface area contributed by atoms with E-state index in [1.54, 1.807) is 0 Å². The third-order valence-electron chi connectivity index (χ3n) is 4.05. The van der Waals surface area contributed by atoms with Crippen molar-refractivity contribution in [3.05, 3.63) is 24.5 Å². The van der Waals surface area contributed by atoms with E-state index < -0.39 is 0 Å². The van der Waals surface area contributed by atoms with Crippen LogP contribution in [0.15, 0.2) is 24.5 Å². The summed E-state index contributed by atoms with van der Waals surface area (Å²) >= 11 is 0. The molecule has 0 saturated heterocycles. The Labute approximate surface area is 114 Å². The zero-order chi connectivity index (χ0) is 13.7. The maximum atomic E-state index is 11.9. The van der Waals surface area contributed by atoms with Crippen LogP contribution in [0.4, 0.5) is 0 Å². The van der Waals surface area contributed by atoms with Crippen LogP contribution in [0.1, 0.15) is 45.1 Å². The monoisotopic (exact) mass is 264 g/mol. The van der Waals surface area contributed by atoms with Gasteiger partial charge in [0.05, 0.1) is 6.10 Å². The smallest absolute Gasteiger partial charge is 0.222 e. The Balaban J connectivity index is 1.72. The molecule has 2 rings (SSSR count). The highest BCUT2D eigenvalue weighted by Crippen LogP contribution is 2.23. The molecule has 1 saturated carbocycles. The van der Waals surface area contributed by atoms with Crippen LogP contribution in [0.3, 0.4) is 0 Å². The molecule has 106 valence electrons. The SMILES string of the molecule is C[C@H](CC(=O)NC[C@@H]1CCCC[C@@H]1O)n1cccc1. The fourth-order valence-electron chi connectivity index (χ4n) is 2.76. The normalized spacial score (nSPS) is 24.9. The molecule has 0 aliphatic heterocycles. The summed E-state index contributed by atoms with van der Waals surface area (Å²) in [5.41, 5.74) is 0. The Bertz CT molecular complexity index is 389. The van der Waals surface area contributed by atoms with Gasteiger partial charge in [-0.15, -0.1) is 0 Å². The maximum absolute atomic E-state index is 11.9. The number of amides is 1. The van der Waals surface area contributed by atoms with Gasteiger partial charge in [-0.25, -0.2) is 0 Å². The molecule has 19 heavy (non-hydrogen) atoms. The first-order chi connectivity index (χ1) is 9.16. The largest absolute Gasteiger partial charge is 0.393 e. The van der Waals surface area contributed by atoms with E-state index in [2.05, 4.69) is 5.32 Å². The van der Waals surface area contributed by atoms with E-state index in [0.717, 1.165) is 25.7 Å². The number of aliphatic hydroxyl groups is 1. The van der Waals surface area contributed by atoms with Crippen molar-refractivity contribution in [3.63, 3.8) is 0 Å². The number of carbonyl (C=O) groups is 1. The first-order valence-electron chi connectivity index (χ1n) is 7.24. The number of aliphatic hydroxyl groups excluding tert-OH is 1. The van der Waals surface area contributed by atoms with Crippen molar-refractivity contribution in [2.24, 2.45) is 5.92 Å².